The summed E-state index contributed by atoms with van der Waals surface area (Å²) in [6.07, 6.45) is 15.8. The molecular formula is C18H28O4. The second kappa shape index (κ2) is 14.3. The van der Waals surface area contributed by atoms with Gasteiger partial charge in [-0.2, -0.15) is 0 Å². The molecule has 1 atom stereocenters. The fourth-order valence-electron chi connectivity index (χ4n) is 1.81. The molecule has 0 bridgehead atoms. The summed E-state index contributed by atoms with van der Waals surface area (Å²) < 4.78 is 0. The lowest BCUT2D eigenvalue weighted by Gasteiger charge is -1.98. The summed E-state index contributed by atoms with van der Waals surface area (Å²) in [5, 5.41) is 17.8. The molecule has 4 nitrogen and oxygen atoms in total. The molecule has 1 unspecified atom stereocenters. The minimum absolute atomic E-state index is 0.104. The predicted octanol–water partition coefficient (Wildman–Crippen LogP) is 3.81. The normalized spacial score (nSPS) is 13.4. The Morgan fingerprint density at radius 1 is 0.909 bits per heavy atom. The van der Waals surface area contributed by atoms with E-state index in [0.717, 1.165) is 25.7 Å². The highest BCUT2D eigenvalue weighted by atomic mass is 16.4. The molecule has 0 aromatic carbocycles. The molecule has 0 rings (SSSR count). The van der Waals surface area contributed by atoms with Crippen LogP contribution in [0.5, 0.6) is 0 Å². The van der Waals surface area contributed by atoms with E-state index in [-0.39, 0.29) is 12.2 Å². The van der Waals surface area contributed by atoms with Crippen LogP contribution in [0, 0.1) is 0 Å². The van der Waals surface area contributed by atoms with Crippen molar-refractivity contribution < 1.29 is 19.8 Å². The molecule has 2 N–H and O–H groups in total. The molecule has 0 heterocycles. The second-order valence-corrected chi connectivity index (χ2v) is 5.23. The van der Waals surface area contributed by atoms with E-state index in [2.05, 4.69) is 0 Å². The van der Waals surface area contributed by atoms with Gasteiger partial charge in [-0.1, -0.05) is 56.6 Å². The Morgan fingerprint density at radius 3 is 2.14 bits per heavy atom. The summed E-state index contributed by atoms with van der Waals surface area (Å²) in [5.74, 6) is -0.639. The van der Waals surface area contributed by atoms with Crippen molar-refractivity contribution in [1.29, 1.82) is 0 Å². The smallest absolute Gasteiger partial charge is 0.303 e. The van der Waals surface area contributed by atoms with E-state index < -0.39 is 12.1 Å². The van der Waals surface area contributed by atoms with E-state index in [1.165, 1.54) is 0 Å². The van der Waals surface area contributed by atoms with Gasteiger partial charge in [0.25, 0.3) is 0 Å². The molecule has 0 fully saturated rings. The Kier molecular flexibility index (Phi) is 13.2. The number of unbranched alkanes of at least 4 members (excludes halogenated alkanes) is 4. The number of carboxylic acid groups (broad SMARTS) is 1. The lowest BCUT2D eigenvalue weighted by Crippen LogP contribution is -1.97. The molecule has 4 heteroatoms. The van der Waals surface area contributed by atoms with Crippen LogP contribution < -0.4 is 0 Å². The minimum Gasteiger partial charge on any atom is -0.481 e. The first-order valence-electron chi connectivity index (χ1n) is 8.00. The number of aliphatic hydroxyl groups excluding tert-OH is 1. The van der Waals surface area contributed by atoms with Crippen LogP contribution in [-0.4, -0.2) is 28.1 Å². The number of hydrogen-bond donors (Lipinski definition) is 2. The summed E-state index contributed by atoms with van der Waals surface area (Å²) in [7, 11) is 0. The van der Waals surface area contributed by atoms with Gasteiger partial charge in [-0.15, -0.1) is 0 Å². The van der Waals surface area contributed by atoms with Crippen molar-refractivity contribution in [3.05, 3.63) is 36.5 Å². The van der Waals surface area contributed by atoms with Gasteiger partial charge >= 0.3 is 5.97 Å². The van der Waals surface area contributed by atoms with E-state index >= 15 is 0 Å². The van der Waals surface area contributed by atoms with Crippen LogP contribution in [-0.2, 0) is 9.59 Å². The van der Waals surface area contributed by atoms with Crippen molar-refractivity contribution in [1.82, 2.24) is 0 Å². The van der Waals surface area contributed by atoms with Crippen LogP contribution in [0.15, 0.2) is 36.5 Å². The maximum Gasteiger partial charge on any atom is 0.303 e. The monoisotopic (exact) mass is 308 g/mol. The topological polar surface area (TPSA) is 74.6 Å². The highest BCUT2D eigenvalue weighted by Gasteiger charge is 1.98. The molecule has 0 aliphatic heterocycles. The SMILES string of the molecule is CCC(O)/C=C/C=C/C=C/C(=O)CCCCCCCC(=O)O. The molecule has 0 aliphatic rings. The molecule has 0 aromatic rings. The van der Waals surface area contributed by atoms with E-state index in [9.17, 15) is 14.7 Å². The lowest BCUT2D eigenvalue weighted by atomic mass is 10.1. The standard InChI is InChI=1S/C18H28O4/c1-2-16(19)12-8-6-7-10-14-17(20)13-9-4-3-5-11-15-18(21)22/h6-8,10,12,14,16,19H,2-5,9,11,13,15H2,1H3,(H,21,22)/b7-6+,12-8+,14-10+. The third-order valence-electron chi connectivity index (χ3n) is 3.18. The molecular weight excluding hydrogens is 280 g/mol. The van der Waals surface area contributed by atoms with Crippen LogP contribution in [0.2, 0.25) is 0 Å². The Labute approximate surface area is 133 Å². The number of allylic oxidation sites excluding steroid dienone is 5. The number of aliphatic hydroxyl groups is 1. The van der Waals surface area contributed by atoms with Crippen LogP contribution in [0.3, 0.4) is 0 Å². The highest BCUT2D eigenvalue weighted by Crippen LogP contribution is 2.07. The fourth-order valence-corrected chi connectivity index (χ4v) is 1.81. The largest absolute Gasteiger partial charge is 0.481 e. The van der Waals surface area contributed by atoms with E-state index in [0.29, 0.717) is 19.3 Å². The van der Waals surface area contributed by atoms with Gasteiger partial charge in [0.05, 0.1) is 6.10 Å². The van der Waals surface area contributed by atoms with Crippen molar-refractivity contribution in [2.75, 3.05) is 0 Å². The van der Waals surface area contributed by atoms with Crippen molar-refractivity contribution in [3.8, 4) is 0 Å². The zero-order valence-electron chi connectivity index (χ0n) is 13.4. The van der Waals surface area contributed by atoms with Crippen LogP contribution >= 0.6 is 0 Å². The van der Waals surface area contributed by atoms with Crippen molar-refractivity contribution in [3.63, 3.8) is 0 Å². The van der Waals surface area contributed by atoms with Gasteiger partial charge in [-0.05, 0) is 25.3 Å². The highest BCUT2D eigenvalue weighted by molar-refractivity contribution is 5.89. The molecule has 0 radical (unpaired) electrons. The van der Waals surface area contributed by atoms with E-state index in [4.69, 9.17) is 5.11 Å². The number of carbonyl (C=O) groups is 2. The van der Waals surface area contributed by atoms with Gasteiger partial charge in [0, 0.05) is 12.8 Å². The molecule has 0 aromatic heterocycles. The number of aliphatic carboxylic acids is 1. The predicted molar refractivity (Wildman–Crippen MR) is 88.7 cm³/mol. The Hall–Kier alpha value is -1.68. The summed E-state index contributed by atoms with van der Waals surface area (Å²) in [6.45, 7) is 1.91. The Balaban J connectivity index is 3.60. The van der Waals surface area contributed by atoms with E-state index in [1.54, 1.807) is 36.5 Å². The Morgan fingerprint density at radius 2 is 1.50 bits per heavy atom. The Bertz CT molecular complexity index is 394. The maximum absolute atomic E-state index is 11.6. The van der Waals surface area contributed by atoms with Gasteiger partial charge in [0.1, 0.15) is 0 Å². The van der Waals surface area contributed by atoms with Crippen molar-refractivity contribution in [2.45, 2.75) is 64.4 Å². The number of rotatable bonds is 13. The van der Waals surface area contributed by atoms with Gasteiger partial charge in [0.2, 0.25) is 0 Å². The molecule has 0 aliphatic carbocycles. The van der Waals surface area contributed by atoms with Crippen molar-refractivity contribution >= 4 is 11.8 Å². The third kappa shape index (κ3) is 14.7. The second-order valence-electron chi connectivity index (χ2n) is 5.23. The number of carboxylic acids is 1. The first-order valence-corrected chi connectivity index (χ1v) is 8.00. The fraction of sp³-hybridized carbons (Fsp3) is 0.556. The van der Waals surface area contributed by atoms with Gasteiger partial charge in [0.15, 0.2) is 5.78 Å². The average Bonchev–Trinajstić information content (AvgIpc) is 2.49. The molecule has 0 spiro atoms. The molecule has 124 valence electrons. The van der Waals surface area contributed by atoms with E-state index in [1.807, 2.05) is 6.92 Å². The molecule has 0 amide bonds. The zero-order valence-corrected chi connectivity index (χ0v) is 13.4. The number of carbonyl (C=O) groups excluding carboxylic acids is 1. The molecule has 0 saturated carbocycles. The first kappa shape index (κ1) is 20.3. The van der Waals surface area contributed by atoms with Crippen LogP contribution in [0.1, 0.15) is 58.3 Å². The third-order valence-corrected chi connectivity index (χ3v) is 3.18. The van der Waals surface area contributed by atoms with Crippen LogP contribution in [0.25, 0.3) is 0 Å². The lowest BCUT2D eigenvalue weighted by molar-refractivity contribution is -0.137. The number of ketones is 1. The van der Waals surface area contributed by atoms with Crippen LogP contribution in [0.4, 0.5) is 0 Å². The molecule has 22 heavy (non-hydrogen) atoms. The summed E-state index contributed by atoms with van der Waals surface area (Å²) >= 11 is 0. The maximum atomic E-state index is 11.6. The van der Waals surface area contributed by atoms with Crippen molar-refractivity contribution in [2.24, 2.45) is 0 Å². The van der Waals surface area contributed by atoms with Gasteiger partial charge in [-0.25, -0.2) is 0 Å². The first-order chi connectivity index (χ1) is 10.6. The molecule has 0 saturated heterocycles. The number of hydrogen-bond acceptors (Lipinski definition) is 3. The summed E-state index contributed by atoms with van der Waals surface area (Å²) in [4.78, 5) is 21.9. The summed E-state index contributed by atoms with van der Waals surface area (Å²) in [6, 6.07) is 0. The van der Waals surface area contributed by atoms with Gasteiger partial charge < -0.3 is 10.2 Å². The zero-order chi connectivity index (χ0) is 16.6. The minimum atomic E-state index is -0.743. The summed E-state index contributed by atoms with van der Waals surface area (Å²) in [5.41, 5.74) is 0. The quantitative estimate of drug-likeness (QED) is 0.308. The average molecular weight is 308 g/mol. The van der Waals surface area contributed by atoms with Gasteiger partial charge in [-0.3, -0.25) is 9.59 Å².